The summed E-state index contributed by atoms with van der Waals surface area (Å²) in [5, 5.41) is 21.0. The molecule has 0 aromatic heterocycles. The topological polar surface area (TPSA) is 301 Å². The number of esters is 1. The van der Waals surface area contributed by atoms with E-state index in [1.54, 1.807) is 129 Å². The summed E-state index contributed by atoms with van der Waals surface area (Å²) in [4.78, 5) is 54.7. The molecule has 22 heteroatoms. The van der Waals surface area contributed by atoms with Crippen molar-refractivity contribution >= 4 is 99.3 Å². The standard InChI is InChI=1S/C65H64N6O14S2/c1-6-65(2,3)63(74)62(73)50-20-11-12-21-51(50)64(75)85-54(32-22-39-23-33-55(82-4)56(34-39)83-5)42-14-13-15-45(35-42)84-38-59(72)67-61-49-19-10-8-17-47(49)58(87(79,80)81)37-53(61)71-69-44-30-26-41(27-31-44)40-24-28-43(29-25-40)68-70-52-36-57(86(76,77)78)46-16-7-9-18-48(46)60(52)66/h7-10,13-19,23-31,33-37,50-51,54H,6,11-12,20-22,32,38,66H2,1-5H3,(H,67,72)(H,76,77,78)(H,79,80,81). The van der Waals surface area contributed by atoms with Gasteiger partial charge in [0.2, 0.25) is 11.6 Å². The zero-order chi connectivity index (χ0) is 62.2. The number of ether oxygens (including phenoxy) is 4. The van der Waals surface area contributed by atoms with Crippen LogP contribution < -0.4 is 25.3 Å². The van der Waals surface area contributed by atoms with Crippen LogP contribution in [0.2, 0.25) is 0 Å². The van der Waals surface area contributed by atoms with E-state index in [0.29, 0.717) is 72.3 Å². The number of carbonyl (C=O) groups excluding carboxylic acids is 4. The number of nitrogens with two attached hydrogens (primary N) is 1. The zero-order valence-corrected chi connectivity index (χ0v) is 49.9. The van der Waals surface area contributed by atoms with Crippen molar-refractivity contribution in [3.05, 3.63) is 163 Å². The minimum atomic E-state index is -4.83. The van der Waals surface area contributed by atoms with Crippen molar-refractivity contribution in [1.82, 2.24) is 0 Å². The SMILES string of the molecule is CCC(C)(C)C(=O)C(=O)C1CCCCC1C(=O)OC(CCc1ccc(OC)c(OC)c1)c1cccc(OCC(=O)Nc2c(N=Nc3ccc(-c4ccc(N=Nc5cc(S(=O)(=O)O)c6ccccc6c5N)cc4)cc3)cc(S(=O)(=O)O)c3ccccc23)c1. The fourth-order valence-corrected chi connectivity index (χ4v) is 11.9. The maximum Gasteiger partial charge on any atom is 0.310 e. The van der Waals surface area contributed by atoms with Gasteiger partial charge in [-0.15, -0.1) is 10.2 Å². The van der Waals surface area contributed by atoms with Crippen molar-refractivity contribution in [3.63, 3.8) is 0 Å². The van der Waals surface area contributed by atoms with E-state index in [2.05, 4.69) is 25.8 Å². The molecule has 0 radical (unpaired) electrons. The maximum atomic E-state index is 14.3. The van der Waals surface area contributed by atoms with Gasteiger partial charge in [0, 0.05) is 32.9 Å². The Morgan fingerprint density at radius 3 is 1.78 bits per heavy atom. The Labute approximate surface area is 503 Å². The molecule has 5 N–H and O–H groups in total. The van der Waals surface area contributed by atoms with Gasteiger partial charge < -0.3 is 30.0 Å². The van der Waals surface area contributed by atoms with Crippen LogP contribution in [0.5, 0.6) is 17.2 Å². The number of ketones is 2. The van der Waals surface area contributed by atoms with E-state index in [-0.39, 0.29) is 56.0 Å². The van der Waals surface area contributed by atoms with Crippen molar-refractivity contribution < 1.29 is 64.1 Å². The molecule has 9 rings (SSSR count). The molecule has 87 heavy (non-hydrogen) atoms. The normalized spacial score (nSPS) is 15.1. The van der Waals surface area contributed by atoms with Gasteiger partial charge >= 0.3 is 5.97 Å². The Kier molecular flexibility index (Phi) is 19.0. The Hall–Kier alpha value is -9.22. The third-order valence-corrected chi connectivity index (χ3v) is 17.4. The lowest BCUT2D eigenvalue weighted by atomic mass is 9.72. The molecule has 0 bridgehead atoms. The quantitative estimate of drug-likeness (QED) is 0.0152. The van der Waals surface area contributed by atoms with Crippen molar-refractivity contribution in [2.24, 2.45) is 37.7 Å². The second-order valence-electron chi connectivity index (χ2n) is 21.6. The van der Waals surface area contributed by atoms with E-state index < -0.39 is 78.5 Å². The molecule has 1 aliphatic rings. The van der Waals surface area contributed by atoms with E-state index in [0.717, 1.165) is 28.8 Å². The number of carbonyl (C=O) groups is 4. The second-order valence-corrected chi connectivity index (χ2v) is 24.4. The van der Waals surface area contributed by atoms with Gasteiger partial charge in [-0.1, -0.05) is 125 Å². The Morgan fingerprint density at radius 2 is 1.20 bits per heavy atom. The van der Waals surface area contributed by atoms with Crippen molar-refractivity contribution in [3.8, 4) is 28.4 Å². The number of azo groups is 2. The number of hydrogen-bond donors (Lipinski definition) is 4. The number of amides is 1. The molecule has 20 nitrogen and oxygen atoms in total. The van der Waals surface area contributed by atoms with E-state index in [1.807, 2.05) is 19.1 Å². The van der Waals surface area contributed by atoms with Crippen LogP contribution in [0.1, 0.15) is 76.5 Å². The Balaban J connectivity index is 0.926. The highest BCUT2D eigenvalue weighted by Crippen LogP contribution is 2.42. The molecule has 8 aromatic carbocycles. The van der Waals surface area contributed by atoms with Crippen LogP contribution in [0.3, 0.4) is 0 Å². The van der Waals surface area contributed by atoms with Gasteiger partial charge in [0.15, 0.2) is 18.1 Å². The number of nitrogens with one attached hydrogen (secondary N) is 1. The fraction of sp³-hybridized carbons (Fsp3) is 0.262. The molecule has 3 unspecified atom stereocenters. The number of fused-ring (bicyclic) bond motifs is 2. The van der Waals surface area contributed by atoms with E-state index in [1.165, 1.54) is 26.4 Å². The van der Waals surface area contributed by atoms with E-state index >= 15 is 0 Å². The molecule has 0 spiro atoms. The lowest BCUT2D eigenvalue weighted by molar-refractivity contribution is -0.161. The number of benzene rings is 8. The van der Waals surface area contributed by atoms with Gasteiger partial charge in [-0.05, 0) is 115 Å². The van der Waals surface area contributed by atoms with Crippen LogP contribution in [0, 0.1) is 17.3 Å². The third kappa shape index (κ3) is 14.6. The van der Waals surface area contributed by atoms with Crippen LogP contribution >= 0.6 is 0 Å². The monoisotopic (exact) mass is 1220 g/mol. The molecule has 450 valence electrons. The Morgan fingerprint density at radius 1 is 0.644 bits per heavy atom. The number of nitrogen functional groups attached to an aromatic ring is 1. The van der Waals surface area contributed by atoms with Crippen LogP contribution in [0.15, 0.2) is 182 Å². The predicted molar refractivity (Wildman–Crippen MR) is 329 cm³/mol. The number of Topliss-reactive ketones (excluding diaryl/α,β-unsaturated/α-hetero) is 2. The largest absolute Gasteiger partial charge is 0.493 e. The smallest absolute Gasteiger partial charge is 0.310 e. The molecular formula is C65H64N6O14S2. The number of aryl methyl sites for hydroxylation is 1. The fourth-order valence-electron chi connectivity index (χ4n) is 10.4. The lowest BCUT2D eigenvalue weighted by Crippen LogP contribution is -2.42. The van der Waals surface area contributed by atoms with Crippen molar-refractivity contribution in [2.75, 3.05) is 31.9 Å². The number of methoxy groups -OCH3 is 2. The summed E-state index contributed by atoms with van der Waals surface area (Å²) >= 11 is 0. The minimum Gasteiger partial charge on any atom is -0.493 e. The molecule has 1 aliphatic carbocycles. The van der Waals surface area contributed by atoms with Crippen LogP contribution in [0.25, 0.3) is 32.7 Å². The van der Waals surface area contributed by atoms with Crippen LogP contribution in [-0.4, -0.2) is 70.2 Å². The molecule has 1 saturated carbocycles. The number of nitrogens with zero attached hydrogens (tertiary/aromatic N) is 4. The highest BCUT2D eigenvalue weighted by atomic mass is 32.2. The molecule has 1 fully saturated rings. The zero-order valence-electron chi connectivity index (χ0n) is 48.3. The molecule has 0 aliphatic heterocycles. The summed E-state index contributed by atoms with van der Waals surface area (Å²) < 4.78 is 93.7. The highest BCUT2D eigenvalue weighted by Gasteiger charge is 2.43. The molecule has 0 saturated heterocycles. The first-order valence-electron chi connectivity index (χ1n) is 28.0. The summed E-state index contributed by atoms with van der Waals surface area (Å²) in [5.41, 5.74) is 9.35. The van der Waals surface area contributed by atoms with E-state index in [9.17, 15) is 45.1 Å². The van der Waals surface area contributed by atoms with Crippen LogP contribution in [0.4, 0.5) is 34.1 Å². The molecule has 3 atom stereocenters. The highest BCUT2D eigenvalue weighted by molar-refractivity contribution is 7.86. The minimum absolute atomic E-state index is 0.0520. The van der Waals surface area contributed by atoms with Gasteiger partial charge in [-0.25, -0.2) is 0 Å². The predicted octanol–water partition coefficient (Wildman–Crippen LogP) is 14.2. The number of hydrogen-bond acceptors (Lipinski definition) is 17. The molecular weight excluding hydrogens is 1150 g/mol. The van der Waals surface area contributed by atoms with Gasteiger partial charge in [-0.3, -0.25) is 28.3 Å². The first-order chi connectivity index (χ1) is 41.6. The third-order valence-electron chi connectivity index (χ3n) is 15.6. The maximum absolute atomic E-state index is 14.3. The second kappa shape index (κ2) is 26.6. The first kappa shape index (κ1) is 62.3. The van der Waals surface area contributed by atoms with Gasteiger partial charge in [0.1, 0.15) is 33.0 Å². The molecule has 0 heterocycles. The Bertz CT molecular complexity index is 4230. The number of anilines is 2. The summed E-state index contributed by atoms with van der Waals surface area (Å²) in [6, 6.07) is 41.0. The van der Waals surface area contributed by atoms with Crippen molar-refractivity contribution in [2.45, 2.75) is 81.6 Å². The molecule has 8 aromatic rings. The van der Waals surface area contributed by atoms with E-state index in [4.69, 9.17) is 24.7 Å². The van der Waals surface area contributed by atoms with Gasteiger partial charge in [0.05, 0.1) is 42.9 Å². The summed E-state index contributed by atoms with van der Waals surface area (Å²) in [6.45, 7) is 4.76. The molecule has 1 amide bonds. The van der Waals surface area contributed by atoms with Gasteiger partial charge in [-0.2, -0.15) is 27.1 Å². The average Bonchev–Trinajstić information content (AvgIpc) is 1.01. The van der Waals surface area contributed by atoms with Crippen LogP contribution in [-0.2, 0) is 50.6 Å². The first-order valence-corrected chi connectivity index (χ1v) is 30.8. The summed E-state index contributed by atoms with van der Waals surface area (Å²) in [7, 11) is -6.36. The lowest BCUT2D eigenvalue weighted by Gasteiger charge is -2.32. The summed E-state index contributed by atoms with van der Waals surface area (Å²) in [6.07, 6.45) is 2.47. The van der Waals surface area contributed by atoms with Crippen molar-refractivity contribution in [1.29, 1.82) is 0 Å². The summed E-state index contributed by atoms with van der Waals surface area (Å²) in [5.74, 6) is -2.65. The van der Waals surface area contributed by atoms with Gasteiger partial charge in [0.25, 0.3) is 26.1 Å². The number of rotatable bonds is 23. The average molecular weight is 1220 g/mol.